The van der Waals surface area contributed by atoms with Gasteiger partial charge in [-0.3, -0.25) is 0 Å². The number of para-hydroxylation sites is 2. The highest BCUT2D eigenvalue weighted by Gasteiger charge is 2.24. The van der Waals surface area contributed by atoms with Crippen LogP contribution in [0.15, 0.2) is 48.5 Å². The zero-order valence-corrected chi connectivity index (χ0v) is 13.7. The van der Waals surface area contributed by atoms with Gasteiger partial charge in [-0.2, -0.15) is 12.6 Å². The van der Waals surface area contributed by atoms with E-state index in [9.17, 15) is 0 Å². The fraction of sp³-hybridized carbons (Fsp3) is 0.235. The molecule has 0 aliphatic carbocycles. The summed E-state index contributed by atoms with van der Waals surface area (Å²) in [6.07, 6.45) is 0. The lowest BCUT2D eigenvalue weighted by molar-refractivity contribution is 0.646. The largest absolute Gasteiger partial charge is 0.322 e. The maximum absolute atomic E-state index is 6.31. The average Bonchev–Trinajstić information content (AvgIpc) is 2.80. The summed E-state index contributed by atoms with van der Waals surface area (Å²) in [5, 5.41) is 0.776. The number of hydrogen-bond donors (Lipinski definition) is 1. The lowest BCUT2D eigenvalue weighted by Gasteiger charge is -2.19. The fourth-order valence-electron chi connectivity index (χ4n) is 2.50. The first-order chi connectivity index (χ1) is 9.97. The molecule has 108 valence electrons. The Morgan fingerprint density at radius 3 is 2.48 bits per heavy atom. The second-order valence-electron chi connectivity index (χ2n) is 5.66. The number of thiol groups is 1. The third kappa shape index (κ3) is 2.81. The summed E-state index contributed by atoms with van der Waals surface area (Å²) in [6, 6.07) is 16.1. The van der Waals surface area contributed by atoms with Crippen molar-refractivity contribution in [2.75, 3.05) is 0 Å². The molecule has 2 aromatic carbocycles. The van der Waals surface area contributed by atoms with Gasteiger partial charge in [-0.05, 0) is 37.6 Å². The Morgan fingerprint density at radius 1 is 1.10 bits per heavy atom. The molecule has 0 atom stereocenters. The highest BCUT2D eigenvalue weighted by Crippen LogP contribution is 2.31. The second kappa shape index (κ2) is 5.39. The zero-order valence-electron chi connectivity index (χ0n) is 12.0. The van der Waals surface area contributed by atoms with Crippen molar-refractivity contribution in [3.05, 3.63) is 64.9 Å². The zero-order chi connectivity index (χ0) is 15.0. The fourth-order valence-corrected chi connectivity index (χ4v) is 2.87. The molecule has 21 heavy (non-hydrogen) atoms. The maximum atomic E-state index is 6.31. The molecular weight excluding hydrogens is 300 g/mol. The summed E-state index contributed by atoms with van der Waals surface area (Å²) in [5.74, 6) is 0.951. The minimum atomic E-state index is -0.319. The molecule has 0 fully saturated rings. The number of hydrogen-bond acceptors (Lipinski definition) is 2. The Kier molecular flexibility index (Phi) is 3.72. The van der Waals surface area contributed by atoms with Crippen LogP contribution in [-0.2, 0) is 11.3 Å². The Morgan fingerprint density at radius 2 is 1.76 bits per heavy atom. The summed E-state index contributed by atoms with van der Waals surface area (Å²) in [4.78, 5) is 4.75. The Balaban J connectivity index is 2.18. The Hall–Kier alpha value is -1.45. The normalized spacial score (nSPS) is 12.0. The van der Waals surface area contributed by atoms with Gasteiger partial charge in [0.1, 0.15) is 5.82 Å². The van der Waals surface area contributed by atoms with Crippen molar-refractivity contribution in [1.29, 1.82) is 0 Å². The lowest BCUT2D eigenvalue weighted by atomic mass is 10.1. The molecule has 0 N–H and O–H groups in total. The quantitative estimate of drug-likeness (QED) is 0.680. The van der Waals surface area contributed by atoms with E-state index in [1.54, 1.807) is 0 Å². The van der Waals surface area contributed by atoms with Crippen LogP contribution >= 0.6 is 24.2 Å². The van der Waals surface area contributed by atoms with Gasteiger partial charge in [-0.25, -0.2) is 4.98 Å². The second-order valence-corrected chi connectivity index (χ2v) is 7.19. The van der Waals surface area contributed by atoms with E-state index in [0.717, 1.165) is 27.4 Å². The van der Waals surface area contributed by atoms with Crippen LogP contribution in [0.3, 0.4) is 0 Å². The topological polar surface area (TPSA) is 17.8 Å². The van der Waals surface area contributed by atoms with Crippen LogP contribution in [-0.4, -0.2) is 9.55 Å². The number of benzene rings is 2. The minimum Gasteiger partial charge on any atom is -0.322 e. The van der Waals surface area contributed by atoms with Crippen LogP contribution in [0.4, 0.5) is 0 Å². The molecule has 1 aromatic heterocycles. The van der Waals surface area contributed by atoms with Crippen molar-refractivity contribution < 1.29 is 0 Å². The molecule has 0 aliphatic heterocycles. The molecule has 4 heteroatoms. The van der Waals surface area contributed by atoms with E-state index < -0.39 is 0 Å². The minimum absolute atomic E-state index is 0.319. The number of rotatable bonds is 3. The number of fused-ring (bicyclic) bond motifs is 1. The first-order valence-electron chi connectivity index (χ1n) is 6.88. The van der Waals surface area contributed by atoms with Gasteiger partial charge in [0.15, 0.2) is 0 Å². The molecule has 0 aliphatic rings. The number of aromatic nitrogens is 2. The monoisotopic (exact) mass is 316 g/mol. The van der Waals surface area contributed by atoms with Gasteiger partial charge in [0, 0.05) is 5.02 Å². The summed E-state index contributed by atoms with van der Waals surface area (Å²) >= 11 is 11.0. The van der Waals surface area contributed by atoms with Gasteiger partial charge >= 0.3 is 0 Å². The van der Waals surface area contributed by atoms with E-state index in [-0.39, 0.29) is 4.75 Å². The van der Waals surface area contributed by atoms with Crippen molar-refractivity contribution in [2.24, 2.45) is 0 Å². The Bertz CT molecular complexity index is 787. The van der Waals surface area contributed by atoms with Crippen LogP contribution in [0, 0.1) is 0 Å². The van der Waals surface area contributed by atoms with Crippen LogP contribution < -0.4 is 0 Å². The molecule has 0 unspecified atom stereocenters. The van der Waals surface area contributed by atoms with E-state index in [4.69, 9.17) is 29.2 Å². The summed E-state index contributed by atoms with van der Waals surface area (Å²) in [5.41, 5.74) is 3.18. The highest BCUT2D eigenvalue weighted by atomic mass is 35.5. The van der Waals surface area contributed by atoms with Crippen molar-refractivity contribution in [1.82, 2.24) is 9.55 Å². The number of halogens is 1. The van der Waals surface area contributed by atoms with Gasteiger partial charge in [-0.15, -0.1) is 0 Å². The van der Waals surface area contributed by atoms with E-state index >= 15 is 0 Å². The van der Waals surface area contributed by atoms with Crippen molar-refractivity contribution in [3.63, 3.8) is 0 Å². The maximum Gasteiger partial charge on any atom is 0.125 e. The van der Waals surface area contributed by atoms with Crippen LogP contribution in [0.25, 0.3) is 11.0 Å². The third-order valence-electron chi connectivity index (χ3n) is 3.49. The predicted octanol–water partition coefficient (Wildman–Crippen LogP) is 4.90. The molecule has 0 amide bonds. The molecule has 1 heterocycles. The summed E-state index contributed by atoms with van der Waals surface area (Å²) in [6.45, 7) is 4.81. The summed E-state index contributed by atoms with van der Waals surface area (Å²) < 4.78 is 1.88. The molecule has 0 radical (unpaired) electrons. The third-order valence-corrected chi connectivity index (χ3v) is 4.06. The van der Waals surface area contributed by atoms with Crippen LogP contribution in [0.5, 0.6) is 0 Å². The van der Waals surface area contributed by atoms with Crippen molar-refractivity contribution in [2.45, 2.75) is 25.1 Å². The van der Waals surface area contributed by atoms with E-state index in [0.29, 0.717) is 6.54 Å². The van der Waals surface area contributed by atoms with Gasteiger partial charge < -0.3 is 4.57 Å². The molecule has 2 nitrogen and oxygen atoms in total. The summed E-state index contributed by atoms with van der Waals surface area (Å²) in [7, 11) is 0. The number of nitrogens with zero attached hydrogens (tertiary/aromatic N) is 2. The van der Waals surface area contributed by atoms with Gasteiger partial charge in [0.25, 0.3) is 0 Å². The highest BCUT2D eigenvalue weighted by molar-refractivity contribution is 7.81. The van der Waals surface area contributed by atoms with Crippen LogP contribution in [0.2, 0.25) is 5.02 Å². The van der Waals surface area contributed by atoms with E-state index in [1.807, 2.05) is 42.5 Å². The molecule has 3 aromatic rings. The van der Waals surface area contributed by atoms with Crippen LogP contribution in [0.1, 0.15) is 25.2 Å². The molecule has 3 rings (SSSR count). The molecule has 0 saturated heterocycles. The first kappa shape index (κ1) is 14.5. The van der Waals surface area contributed by atoms with Crippen molar-refractivity contribution in [3.8, 4) is 0 Å². The van der Waals surface area contributed by atoms with Gasteiger partial charge in [0.05, 0.1) is 22.3 Å². The lowest BCUT2D eigenvalue weighted by Crippen LogP contribution is -2.17. The predicted molar refractivity (Wildman–Crippen MR) is 92.3 cm³/mol. The molecule has 0 bridgehead atoms. The number of imidazole rings is 1. The first-order valence-corrected chi connectivity index (χ1v) is 7.71. The smallest absolute Gasteiger partial charge is 0.125 e. The standard InChI is InChI=1S/C17H17ClN2S/c1-17(2,21)16-19-14-9-5-6-10-15(14)20(16)11-12-7-3-4-8-13(12)18/h3-10,21H,11H2,1-2H3. The average molecular weight is 317 g/mol. The molecule has 0 spiro atoms. The van der Waals surface area contributed by atoms with Gasteiger partial charge in [-0.1, -0.05) is 41.9 Å². The van der Waals surface area contributed by atoms with Gasteiger partial charge in [0.2, 0.25) is 0 Å². The Labute approximate surface area is 135 Å². The SMILES string of the molecule is CC(C)(S)c1nc2ccccc2n1Cc1ccccc1Cl. The molecular formula is C17H17ClN2S. The molecule has 0 saturated carbocycles. The van der Waals surface area contributed by atoms with Crippen molar-refractivity contribution >= 4 is 35.3 Å². The van der Waals surface area contributed by atoms with E-state index in [2.05, 4.69) is 24.5 Å². The van der Waals surface area contributed by atoms with E-state index in [1.165, 1.54) is 0 Å².